The zero-order valence-corrected chi connectivity index (χ0v) is 25.0. The van der Waals surface area contributed by atoms with E-state index in [0.29, 0.717) is 45.4 Å². The molecule has 3 aromatic rings. The average molecular weight is 593 g/mol. The third-order valence-electron chi connectivity index (χ3n) is 8.94. The quantitative estimate of drug-likeness (QED) is 0.266. The highest BCUT2D eigenvalue weighted by Gasteiger charge is 2.40. The van der Waals surface area contributed by atoms with E-state index >= 15 is 0 Å². The van der Waals surface area contributed by atoms with Crippen LogP contribution in [0.5, 0.6) is 11.8 Å². The molecule has 0 radical (unpaired) electrons. The molecule has 4 heterocycles. The highest BCUT2D eigenvalue weighted by Crippen LogP contribution is 2.46. The van der Waals surface area contributed by atoms with Crippen molar-refractivity contribution < 1.29 is 14.4 Å². The summed E-state index contributed by atoms with van der Waals surface area (Å²) in [5.74, 6) is 1.30. The lowest BCUT2D eigenvalue weighted by Gasteiger charge is -2.48. The topological polar surface area (TPSA) is 106 Å². The van der Waals surface area contributed by atoms with Gasteiger partial charge in [-0.25, -0.2) is 0 Å². The van der Waals surface area contributed by atoms with Gasteiger partial charge in [0.1, 0.15) is 17.4 Å². The number of non-ortho nitro benzene ring substituents is 1. The molecule has 3 aliphatic heterocycles. The molecular formula is C31H37ClN6O4. The minimum atomic E-state index is -0.427. The number of anilines is 1. The molecule has 11 heteroatoms. The van der Waals surface area contributed by atoms with Crippen LogP contribution >= 0.6 is 11.6 Å². The SMILES string of the molecule is C=Cc1cc2c(N3CCC4(CC3)CNC4)nc(OC3CCN(C)CC3)nc2c(OCC)c1-c1cc([N+](=O)[O-])ccc1Cl. The van der Waals surface area contributed by atoms with Gasteiger partial charge in [0.15, 0.2) is 5.75 Å². The molecule has 0 bridgehead atoms. The molecule has 1 spiro atoms. The van der Waals surface area contributed by atoms with Gasteiger partial charge < -0.3 is 24.6 Å². The second-order valence-corrected chi connectivity index (χ2v) is 12.1. The normalized spacial score (nSPS) is 19.1. The van der Waals surface area contributed by atoms with E-state index in [2.05, 4.69) is 28.7 Å². The number of likely N-dealkylation sites (tertiary alicyclic amines) is 1. The molecule has 1 N–H and O–H groups in total. The predicted octanol–water partition coefficient (Wildman–Crippen LogP) is 5.56. The maximum Gasteiger partial charge on any atom is 0.319 e. The van der Waals surface area contributed by atoms with Crippen molar-refractivity contribution in [2.75, 3.05) is 57.8 Å². The molecule has 222 valence electrons. The second kappa shape index (κ2) is 11.7. The number of ether oxygens (including phenoxy) is 2. The molecule has 0 amide bonds. The Morgan fingerprint density at radius 1 is 1.19 bits per heavy atom. The number of halogens is 1. The molecule has 3 aliphatic rings. The Kier molecular flexibility index (Phi) is 7.95. The van der Waals surface area contributed by atoms with Gasteiger partial charge in [0.05, 0.1) is 11.5 Å². The van der Waals surface area contributed by atoms with E-state index in [-0.39, 0.29) is 11.8 Å². The number of aromatic nitrogens is 2. The molecule has 3 fully saturated rings. The highest BCUT2D eigenvalue weighted by atomic mass is 35.5. The largest absolute Gasteiger partial charge is 0.491 e. The first kappa shape index (κ1) is 28.6. The number of benzene rings is 2. The van der Waals surface area contributed by atoms with Crippen molar-refractivity contribution in [3.05, 3.63) is 51.5 Å². The van der Waals surface area contributed by atoms with Gasteiger partial charge in [-0.15, -0.1) is 0 Å². The summed E-state index contributed by atoms with van der Waals surface area (Å²) in [6.07, 6.45) is 5.72. The Morgan fingerprint density at radius 2 is 1.93 bits per heavy atom. The van der Waals surface area contributed by atoms with Gasteiger partial charge in [-0.1, -0.05) is 24.3 Å². The summed E-state index contributed by atoms with van der Waals surface area (Å²) in [4.78, 5) is 25.8. The van der Waals surface area contributed by atoms with Crippen molar-refractivity contribution in [1.29, 1.82) is 0 Å². The summed E-state index contributed by atoms with van der Waals surface area (Å²) in [7, 11) is 2.12. The lowest BCUT2D eigenvalue weighted by Crippen LogP contribution is -2.58. The van der Waals surface area contributed by atoms with Gasteiger partial charge in [0, 0.05) is 72.9 Å². The van der Waals surface area contributed by atoms with Crippen LogP contribution in [-0.4, -0.2) is 78.8 Å². The zero-order chi connectivity index (χ0) is 29.4. The lowest BCUT2D eigenvalue weighted by atomic mass is 9.73. The first-order valence-electron chi connectivity index (χ1n) is 14.7. The van der Waals surface area contributed by atoms with Crippen molar-refractivity contribution >= 4 is 40.1 Å². The van der Waals surface area contributed by atoms with E-state index in [4.69, 9.17) is 31.0 Å². The van der Waals surface area contributed by atoms with Crippen LogP contribution in [0.25, 0.3) is 28.1 Å². The van der Waals surface area contributed by atoms with Gasteiger partial charge in [0.2, 0.25) is 0 Å². The Morgan fingerprint density at radius 3 is 2.55 bits per heavy atom. The number of nitrogens with one attached hydrogen (secondary N) is 1. The molecule has 3 saturated heterocycles. The maximum absolute atomic E-state index is 11.7. The van der Waals surface area contributed by atoms with Crippen molar-refractivity contribution in [1.82, 2.24) is 20.2 Å². The predicted molar refractivity (Wildman–Crippen MR) is 166 cm³/mol. The van der Waals surface area contributed by atoms with Crippen LogP contribution in [0, 0.1) is 15.5 Å². The number of hydrogen-bond donors (Lipinski definition) is 1. The standard InChI is InChI=1S/C31H37ClN6O4/c1-4-20-16-24-27(28(41-5-2)26(20)23-17-21(38(39)40)6-7-25(23)32)34-30(42-22-8-12-36(3)13-9-22)35-29(24)37-14-10-31(11-15-37)18-33-19-31/h4,6-7,16-17,22,33H,1,5,8-15,18-19H2,2-3H3. The average Bonchev–Trinajstić information content (AvgIpc) is 2.97. The molecular weight excluding hydrogens is 556 g/mol. The highest BCUT2D eigenvalue weighted by molar-refractivity contribution is 6.33. The lowest BCUT2D eigenvalue weighted by molar-refractivity contribution is -0.384. The van der Waals surface area contributed by atoms with Crippen molar-refractivity contribution in [2.45, 2.75) is 38.7 Å². The van der Waals surface area contributed by atoms with E-state index in [0.717, 1.165) is 81.7 Å². The number of fused-ring (bicyclic) bond motifs is 1. The summed E-state index contributed by atoms with van der Waals surface area (Å²) >= 11 is 6.67. The summed E-state index contributed by atoms with van der Waals surface area (Å²) in [5.41, 5.74) is 2.75. The van der Waals surface area contributed by atoms with Crippen LogP contribution in [0.4, 0.5) is 11.5 Å². The fraction of sp³-hybridized carbons (Fsp3) is 0.484. The second-order valence-electron chi connectivity index (χ2n) is 11.7. The number of rotatable bonds is 8. The Hall–Kier alpha value is -3.47. The van der Waals surface area contributed by atoms with Gasteiger partial charge in [0.25, 0.3) is 5.69 Å². The van der Waals surface area contributed by atoms with Crippen molar-refractivity contribution in [2.24, 2.45) is 5.41 Å². The minimum Gasteiger partial charge on any atom is -0.491 e. The fourth-order valence-corrected chi connectivity index (χ4v) is 6.55. The zero-order valence-electron chi connectivity index (χ0n) is 24.2. The smallest absolute Gasteiger partial charge is 0.319 e. The fourth-order valence-electron chi connectivity index (χ4n) is 6.33. The molecule has 10 nitrogen and oxygen atoms in total. The Balaban J connectivity index is 1.53. The van der Waals surface area contributed by atoms with Crippen molar-refractivity contribution in [3.63, 3.8) is 0 Å². The molecule has 0 aliphatic carbocycles. The van der Waals surface area contributed by atoms with Crippen molar-refractivity contribution in [3.8, 4) is 22.9 Å². The van der Waals surface area contributed by atoms with Crippen LogP contribution in [0.3, 0.4) is 0 Å². The van der Waals surface area contributed by atoms with E-state index in [1.165, 1.54) is 12.1 Å². The van der Waals surface area contributed by atoms with Crippen LogP contribution in [0.1, 0.15) is 38.2 Å². The van der Waals surface area contributed by atoms with Gasteiger partial charge >= 0.3 is 6.01 Å². The third kappa shape index (κ3) is 5.39. The van der Waals surface area contributed by atoms with E-state index in [1.807, 2.05) is 13.0 Å². The van der Waals surface area contributed by atoms with Crippen LogP contribution in [-0.2, 0) is 0 Å². The number of nitrogens with zero attached hydrogens (tertiary/aromatic N) is 5. The molecule has 0 saturated carbocycles. The first-order chi connectivity index (χ1) is 20.3. The summed E-state index contributed by atoms with van der Waals surface area (Å²) in [6, 6.07) is 6.74. The van der Waals surface area contributed by atoms with Crippen LogP contribution in [0.15, 0.2) is 30.8 Å². The summed E-state index contributed by atoms with van der Waals surface area (Å²) in [6.45, 7) is 12.1. The van der Waals surface area contributed by atoms with Gasteiger partial charge in [-0.3, -0.25) is 10.1 Å². The molecule has 6 rings (SSSR count). The Labute approximate surface area is 250 Å². The maximum atomic E-state index is 11.7. The number of piperidine rings is 2. The van der Waals surface area contributed by atoms with Crippen LogP contribution in [0.2, 0.25) is 5.02 Å². The molecule has 2 aromatic carbocycles. The molecule has 42 heavy (non-hydrogen) atoms. The monoisotopic (exact) mass is 592 g/mol. The number of nitro benzene ring substituents is 1. The first-order valence-corrected chi connectivity index (χ1v) is 15.1. The Bertz CT molecular complexity index is 1510. The number of nitro groups is 1. The number of hydrogen-bond acceptors (Lipinski definition) is 9. The third-order valence-corrected chi connectivity index (χ3v) is 9.27. The molecule has 0 unspecified atom stereocenters. The molecule has 1 aromatic heterocycles. The minimum absolute atomic E-state index is 0.0193. The van der Waals surface area contributed by atoms with Crippen LogP contribution < -0.4 is 19.7 Å². The summed E-state index contributed by atoms with van der Waals surface area (Å²) < 4.78 is 12.8. The van der Waals surface area contributed by atoms with E-state index in [1.54, 1.807) is 12.1 Å². The van der Waals surface area contributed by atoms with Gasteiger partial charge in [-0.05, 0) is 62.8 Å². The van der Waals surface area contributed by atoms with E-state index < -0.39 is 4.92 Å². The summed E-state index contributed by atoms with van der Waals surface area (Å²) in [5, 5.41) is 16.3. The molecule has 0 atom stereocenters. The van der Waals surface area contributed by atoms with E-state index in [9.17, 15) is 10.1 Å². The van der Waals surface area contributed by atoms with Gasteiger partial charge in [-0.2, -0.15) is 9.97 Å².